The Morgan fingerprint density at radius 3 is 1.55 bits per heavy atom. The van der Waals surface area contributed by atoms with Crippen molar-refractivity contribution in [2.75, 3.05) is 0 Å². The van der Waals surface area contributed by atoms with E-state index in [1.165, 1.54) is 25.7 Å². The summed E-state index contributed by atoms with van der Waals surface area (Å²) in [5, 5.41) is 0. The van der Waals surface area contributed by atoms with Crippen LogP contribution in [0.4, 0.5) is 0 Å². The first-order valence-corrected chi connectivity index (χ1v) is 7.88. The van der Waals surface area contributed by atoms with Crippen LogP contribution in [-0.4, -0.2) is 0 Å². The Kier molecular flexibility index (Phi) is 5.97. The quantitative estimate of drug-likeness (QED) is 0.604. The second-order valence-corrected chi connectivity index (χ2v) is 5.66. The molecule has 2 aromatic heterocycles. The molecule has 2 aromatic rings. The molecule has 0 N–H and O–H groups in total. The van der Waals surface area contributed by atoms with Crippen molar-refractivity contribution in [2.45, 2.75) is 52.4 Å². The highest BCUT2D eigenvalue weighted by atomic mass is 16.3. The van der Waals surface area contributed by atoms with Gasteiger partial charge < -0.3 is 8.83 Å². The van der Waals surface area contributed by atoms with E-state index in [1.807, 2.05) is 12.1 Å². The molecule has 0 spiro atoms. The average Bonchev–Trinajstić information content (AvgIpc) is 3.11. The van der Waals surface area contributed by atoms with Crippen LogP contribution < -0.4 is 0 Å². The molecule has 2 unspecified atom stereocenters. The molecule has 110 valence electrons. The summed E-state index contributed by atoms with van der Waals surface area (Å²) in [6.45, 7) is 4.54. The maximum absolute atomic E-state index is 5.55. The van der Waals surface area contributed by atoms with Gasteiger partial charge in [0.25, 0.3) is 0 Å². The summed E-state index contributed by atoms with van der Waals surface area (Å²) in [6.07, 6.45) is 10.6. The third-order valence-electron chi connectivity index (χ3n) is 4.07. The molecule has 0 amide bonds. The van der Waals surface area contributed by atoms with Gasteiger partial charge >= 0.3 is 0 Å². The van der Waals surface area contributed by atoms with Crippen LogP contribution >= 0.6 is 0 Å². The second-order valence-electron chi connectivity index (χ2n) is 5.66. The predicted octanol–water partition coefficient (Wildman–Crippen LogP) is 5.49. The van der Waals surface area contributed by atoms with Crippen LogP contribution in [0.2, 0.25) is 0 Å². The number of furan rings is 2. The SMILES string of the molecule is CCCC(Cc1ccco1)C(CCC)Cc1ccco1. The summed E-state index contributed by atoms with van der Waals surface area (Å²) in [6, 6.07) is 8.16. The second kappa shape index (κ2) is 7.98. The molecule has 20 heavy (non-hydrogen) atoms. The van der Waals surface area contributed by atoms with Gasteiger partial charge in [-0.1, -0.05) is 26.7 Å². The summed E-state index contributed by atoms with van der Waals surface area (Å²) in [5.41, 5.74) is 0. The molecule has 2 heteroatoms. The van der Waals surface area contributed by atoms with Crippen LogP contribution in [0.3, 0.4) is 0 Å². The lowest BCUT2D eigenvalue weighted by Gasteiger charge is -2.25. The minimum atomic E-state index is 0.677. The summed E-state index contributed by atoms with van der Waals surface area (Å²) in [5.74, 6) is 3.58. The van der Waals surface area contributed by atoms with E-state index in [9.17, 15) is 0 Å². The summed E-state index contributed by atoms with van der Waals surface area (Å²) >= 11 is 0. The van der Waals surface area contributed by atoms with Gasteiger partial charge in [-0.2, -0.15) is 0 Å². The highest BCUT2D eigenvalue weighted by molar-refractivity contribution is 5.03. The molecule has 0 radical (unpaired) electrons. The number of hydrogen-bond acceptors (Lipinski definition) is 2. The first-order valence-electron chi connectivity index (χ1n) is 7.88. The molecule has 2 atom stereocenters. The van der Waals surface area contributed by atoms with Gasteiger partial charge in [-0.25, -0.2) is 0 Å². The zero-order chi connectivity index (χ0) is 14.2. The first-order chi connectivity index (χ1) is 9.83. The minimum Gasteiger partial charge on any atom is -0.469 e. The molecule has 2 heterocycles. The van der Waals surface area contributed by atoms with E-state index < -0.39 is 0 Å². The van der Waals surface area contributed by atoms with E-state index in [-0.39, 0.29) is 0 Å². The third-order valence-corrected chi connectivity index (χ3v) is 4.07. The van der Waals surface area contributed by atoms with Crippen molar-refractivity contribution >= 4 is 0 Å². The van der Waals surface area contributed by atoms with Crippen LogP contribution in [0.5, 0.6) is 0 Å². The van der Waals surface area contributed by atoms with Crippen molar-refractivity contribution in [3.8, 4) is 0 Å². The van der Waals surface area contributed by atoms with Crippen LogP contribution in [0.15, 0.2) is 45.6 Å². The lowest BCUT2D eigenvalue weighted by molar-refractivity contribution is 0.259. The van der Waals surface area contributed by atoms with Crippen LogP contribution in [0, 0.1) is 11.8 Å². The summed E-state index contributed by atoms with van der Waals surface area (Å²) in [4.78, 5) is 0. The van der Waals surface area contributed by atoms with Gasteiger partial charge in [0.15, 0.2) is 0 Å². The fraction of sp³-hybridized carbons (Fsp3) is 0.556. The molecule has 0 saturated carbocycles. The van der Waals surface area contributed by atoms with Gasteiger partial charge in [-0.05, 0) is 48.9 Å². The Balaban J connectivity index is 2.04. The maximum Gasteiger partial charge on any atom is 0.104 e. The highest BCUT2D eigenvalue weighted by Crippen LogP contribution is 2.29. The van der Waals surface area contributed by atoms with E-state index in [1.54, 1.807) is 12.5 Å². The molecular weight excluding hydrogens is 248 g/mol. The largest absolute Gasteiger partial charge is 0.469 e. The Morgan fingerprint density at radius 1 is 0.800 bits per heavy atom. The molecule has 2 nitrogen and oxygen atoms in total. The van der Waals surface area contributed by atoms with E-state index in [4.69, 9.17) is 8.83 Å². The molecule has 0 aliphatic carbocycles. The van der Waals surface area contributed by atoms with Crippen molar-refractivity contribution in [2.24, 2.45) is 11.8 Å². The Bertz CT molecular complexity index is 397. The Hall–Kier alpha value is -1.44. The lowest BCUT2D eigenvalue weighted by Crippen LogP contribution is -2.19. The van der Waals surface area contributed by atoms with Crippen molar-refractivity contribution in [1.29, 1.82) is 0 Å². The van der Waals surface area contributed by atoms with Crippen molar-refractivity contribution in [3.63, 3.8) is 0 Å². The predicted molar refractivity (Wildman–Crippen MR) is 81.6 cm³/mol. The van der Waals surface area contributed by atoms with Gasteiger partial charge in [0.1, 0.15) is 11.5 Å². The van der Waals surface area contributed by atoms with E-state index >= 15 is 0 Å². The zero-order valence-electron chi connectivity index (χ0n) is 12.7. The lowest BCUT2D eigenvalue weighted by atomic mass is 9.80. The van der Waals surface area contributed by atoms with Gasteiger partial charge in [-0.3, -0.25) is 0 Å². The van der Waals surface area contributed by atoms with Crippen LogP contribution in [0.25, 0.3) is 0 Å². The summed E-state index contributed by atoms with van der Waals surface area (Å²) in [7, 11) is 0. The Labute approximate surface area is 122 Å². The maximum atomic E-state index is 5.55. The normalized spacial score (nSPS) is 14.3. The first kappa shape index (κ1) is 15.0. The van der Waals surface area contributed by atoms with Crippen molar-refractivity contribution < 1.29 is 8.83 Å². The monoisotopic (exact) mass is 274 g/mol. The van der Waals surface area contributed by atoms with Crippen LogP contribution in [0.1, 0.15) is 51.1 Å². The van der Waals surface area contributed by atoms with Gasteiger partial charge in [0.2, 0.25) is 0 Å². The van der Waals surface area contributed by atoms with Gasteiger partial charge in [-0.15, -0.1) is 0 Å². The highest BCUT2D eigenvalue weighted by Gasteiger charge is 2.22. The fourth-order valence-corrected chi connectivity index (χ4v) is 3.12. The van der Waals surface area contributed by atoms with Crippen LogP contribution in [-0.2, 0) is 12.8 Å². The topological polar surface area (TPSA) is 26.3 Å². The number of hydrogen-bond donors (Lipinski definition) is 0. The standard InChI is InChI=1S/C18H26O2/c1-3-7-15(13-17-9-5-11-19-17)16(8-4-2)14-18-10-6-12-20-18/h5-6,9-12,15-16H,3-4,7-8,13-14H2,1-2H3. The smallest absolute Gasteiger partial charge is 0.104 e. The molecule has 0 bridgehead atoms. The molecule has 0 fully saturated rings. The minimum absolute atomic E-state index is 0.677. The van der Waals surface area contributed by atoms with Gasteiger partial charge in [0, 0.05) is 12.8 Å². The molecule has 0 saturated heterocycles. The van der Waals surface area contributed by atoms with E-state index in [2.05, 4.69) is 26.0 Å². The molecule has 0 aliphatic heterocycles. The molecule has 0 aliphatic rings. The average molecular weight is 274 g/mol. The summed E-state index contributed by atoms with van der Waals surface area (Å²) < 4.78 is 11.1. The fourth-order valence-electron chi connectivity index (χ4n) is 3.12. The van der Waals surface area contributed by atoms with Gasteiger partial charge in [0.05, 0.1) is 12.5 Å². The molecule has 0 aromatic carbocycles. The Morgan fingerprint density at radius 2 is 1.25 bits per heavy atom. The van der Waals surface area contributed by atoms with Crippen molar-refractivity contribution in [3.05, 3.63) is 48.3 Å². The zero-order valence-corrected chi connectivity index (χ0v) is 12.7. The van der Waals surface area contributed by atoms with Crippen molar-refractivity contribution in [1.82, 2.24) is 0 Å². The van der Waals surface area contributed by atoms with E-state index in [0.717, 1.165) is 24.4 Å². The molecular formula is C18H26O2. The number of rotatable bonds is 9. The molecule has 2 rings (SSSR count). The van der Waals surface area contributed by atoms with E-state index in [0.29, 0.717) is 11.8 Å². The third kappa shape index (κ3) is 4.29.